The number of nitrogens with one attached hydrogen (secondary N) is 1. The fourth-order valence-electron chi connectivity index (χ4n) is 2.01. The van der Waals surface area contributed by atoms with Crippen LogP contribution in [0.1, 0.15) is 16.8 Å². The second-order valence-corrected chi connectivity index (χ2v) is 4.56. The normalized spacial score (nSPS) is 18.6. The minimum atomic E-state index is -0.430. The van der Waals surface area contributed by atoms with Crippen molar-refractivity contribution in [2.45, 2.75) is 12.5 Å². The lowest BCUT2D eigenvalue weighted by molar-refractivity contribution is 0.0790. The molecule has 0 spiro atoms. The molecule has 2 rings (SSSR count). The number of hydrogen-bond acceptors (Lipinski definition) is 2. The molecule has 1 aliphatic rings. The van der Waals surface area contributed by atoms with Crippen molar-refractivity contribution in [1.82, 2.24) is 10.2 Å². The van der Waals surface area contributed by atoms with Crippen molar-refractivity contribution in [1.29, 1.82) is 0 Å². The quantitative estimate of drug-likeness (QED) is 0.907. The summed E-state index contributed by atoms with van der Waals surface area (Å²) in [6, 6.07) is 4.19. The first-order chi connectivity index (χ1) is 8.11. The Morgan fingerprint density at radius 1 is 1.56 bits per heavy atom. The van der Waals surface area contributed by atoms with Crippen LogP contribution in [0.3, 0.4) is 0 Å². The van der Waals surface area contributed by atoms with E-state index in [1.165, 1.54) is 18.2 Å². The average Bonchev–Trinajstić information content (AvgIpc) is 2.76. The smallest absolute Gasteiger partial charge is 0.255 e. The molecule has 0 aromatic heterocycles. The molecule has 1 aliphatic heterocycles. The molecule has 3 nitrogen and oxygen atoms in total. The van der Waals surface area contributed by atoms with E-state index in [9.17, 15) is 9.18 Å². The number of carbonyl (C=O) groups is 1. The largest absolute Gasteiger partial charge is 0.337 e. The number of nitrogens with zero attached hydrogens (tertiary/aromatic N) is 1. The number of carbonyl (C=O) groups excluding carboxylic acids is 1. The lowest BCUT2D eigenvalue weighted by Gasteiger charge is -2.17. The Morgan fingerprint density at radius 3 is 2.83 bits per heavy atom. The van der Waals surface area contributed by atoms with E-state index in [2.05, 4.69) is 5.32 Å². The molecule has 1 aromatic carbocycles. The van der Waals surface area contributed by atoms with Gasteiger partial charge in [-0.3, -0.25) is 4.79 Å². The number of hydrogen-bond donors (Lipinski definition) is 1. The summed E-state index contributed by atoms with van der Waals surface area (Å²) in [5.41, 5.74) is 0.366. The summed E-state index contributed by atoms with van der Waals surface area (Å²) in [5.74, 6) is -0.561. The molecule has 1 unspecified atom stereocenters. The minimum absolute atomic E-state index is 0. The van der Waals surface area contributed by atoms with Crippen LogP contribution in [0.2, 0.25) is 5.02 Å². The van der Waals surface area contributed by atoms with E-state index < -0.39 is 5.82 Å². The third kappa shape index (κ3) is 3.13. The molecule has 0 aliphatic carbocycles. The molecule has 1 saturated heterocycles. The molecular weight excluding hydrogens is 278 g/mol. The highest BCUT2D eigenvalue weighted by molar-refractivity contribution is 6.33. The van der Waals surface area contributed by atoms with E-state index in [-0.39, 0.29) is 23.3 Å². The predicted octanol–water partition coefficient (Wildman–Crippen LogP) is 2.33. The van der Waals surface area contributed by atoms with E-state index in [1.54, 1.807) is 4.90 Å². The number of benzene rings is 1. The van der Waals surface area contributed by atoms with Gasteiger partial charge in [-0.1, -0.05) is 11.6 Å². The predicted molar refractivity (Wildman–Crippen MR) is 72.0 cm³/mol. The maximum atomic E-state index is 12.9. The maximum absolute atomic E-state index is 12.9. The van der Waals surface area contributed by atoms with Crippen LogP contribution in [-0.2, 0) is 0 Å². The van der Waals surface area contributed by atoms with Gasteiger partial charge in [0, 0.05) is 19.1 Å². The highest BCUT2D eigenvalue weighted by Crippen LogP contribution is 2.21. The van der Waals surface area contributed by atoms with Crippen molar-refractivity contribution in [2.75, 3.05) is 20.1 Å². The van der Waals surface area contributed by atoms with Gasteiger partial charge in [-0.25, -0.2) is 4.39 Å². The number of likely N-dealkylation sites (tertiary alicyclic amines) is 1. The fraction of sp³-hybridized carbons (Fsp3) is 0.417. The van der Waals surface area contributed by atoms with Gasteiger partial charge in [0.05, 0.1) is 10.6 Å². The zero-order valence-electron chi connectivity index (χ0n) is 9.95. The summed E-state index contributed by atoms with van der Waals surface area (Å²) in [6.45, 7) is 1.38. The van der Waals surface area contributed by atoms with Gasteiger partial charge < -0.3 is 10.2 Å². The molecule has 1 N–H and O–H groups in total. The molecular formula is C12H15Cl2FN2O. The molecule has 0 saturated carbocycles. The Bertz CT molecular complexity index is 442. The van der Waals surface area contributed by atoms with Crippen LogP contribution >= 0.6 is 24.0 Å². The van der Waals surface area contributed by atoms with Gasteiger partial charge >= 0.3 is 0 Å². The molecule has 1 aromatic rings. The van der Waals surface area contributed by atoms with E-state index in [0.29, 0.717) is 24.7 Å². The summed E-state index contributed by atoms with van der Waals surface area (Å²) in [4.78, 5) is 13.9. The standard InChI is InChI=1S/C12H14ClFN2O.ClH/c1-15-9-4-5-16(7-9)12(17)10-3-2-8(14)6-11(10)13;/h2-3,6,9,15H,4-5,7H2,1H3;1H. The first kappa shape index (κ1) is 15.2. The fourth-order valence-corrected chi connectivity index (χ4v) is 2.26. The molecule has 6 heteroatoms. The van der Waals surface area contributed by atoms with Crippen LogP contribution in [0, 0.1) is 5.82 Å². The van der Waals surface area contributed by atoms with Crippen LogP contribution in [0.4, 0.5) is 4.39 Å². The second-order valence-electron chi connectivity index (χ2n) is 4.15. The Balaban J connectivity index is 0.00000162. The highest BCUT2D eigenvalue weighted by atomic mass is 35.5. The van der Waals surface area contributed by atoms with Gasteiger partial charge in [0.2, 0.25) is 0 Å². The van der Waals surface area contributed by atoms with Crippen molar-refractivity contribution < 1.29 is 9.18 Å². The van der Waals surface area contributed by atoms with Crippen molar-refractivity contribution in [3.63, 3.8) is 0 Å². The summed E-state index contributed by atoms with van der Waals surface area (Å²) < 4.78 is 12.9. The van der Waals surface area contributed by atoms with E-state index in [1.807, 2.05) is 7.05 Å². The number of halogens is 3. The van der Waals surface area contributed by atoms with Gasteiger partial charge in [0.15, 0.2) is 0 Å². The Morgan fingerprint density at radius 2 is 2.28 bits per heavy atom. The molecule has 1 atom stereocenters. The van der Waals surface area contributed by atoms with Gasteiger partial charge in [-0.05, 0) is 31.7 Å². The second kappa shape index (κ2) is 6.36. The Hall–Kier alpha value is -0.840. The van der Waals surface area contributed by atoms with Crippen molar-refractivity contribution >= 4 is 29.9 Å². The van der Waals surface area contributed by atoms with Crippen molar-refractivity contribution in [2.24, 2.45) is 0 Å². The molecule has 0 bridgehead atoms. The third-order valence-corrected chi connectivity index (χ3v) is 3.36. The summed E-state index contributed by atoms with van der Waals surface area (Å²) in [7, 11) is 1.88. The number of rotatable bonds is 2. The lowest BCUT2D eigenvalue weighted by atomic mass is 10.2. The Labute approximate surface area is 117 Å². The van der Waals surface area contributed by atoms with Crippen LogP contribution < -0.4 is 5.32 Å². The first-order valence-electron chi connectivity index (χ1n) is 5.53. The van der Waals surface area contributed by atoms with Crippen molar-refractivity contribution in [3.8, 4) is 0 Å². The monoisotopic (exact) mass is 292 g/mol. The zero-order valence-corrected chi connectivity index (χ0v) is 11.5. The average molecular weight is 293 g/mol. The van der Waals surface area contributed by atoms with Gasteiger partial charge in [0.1, 0.15) is 5.82 Å². The Kier molecular flexibility index (Phi) is 5.38. The summed E-state index contributed by atoms with van der Waals surface area (Å²) in [6.07, 6.45) is 0.932. The number of likely N-dealkylation sites (N-methyl/N-ethyl adjacent to an activating group) is 1. The van der Waals surface area contributed by atoms with E-state index in [4.69, 9.17) is 11.6 Å². The topological polar surface area (TPSA) is 32.3 Å². The van der Waals surface area contributed by atoms with E-state index >= 15 is 0 Å². The van der Waals surface area contributed by atoms with Gasteiger partial charge in [-0.15, -0.1) is 12.4 Å². The zero-order chi connectivity index (χ0) is 12.4. The highest BCUT2D eigenvalue weighted by Gasteiger charge is 2.26. The van der Waals surface area contributed by atoms with Crippen LogP contribution in [-0.4, -0.2) is 37.0 Å². The minimum Gasteiger partial charge on any atom is -0.337 e. The molecule has 100 valence electrons. The summed E-state index contributed by atoms with van der Waals surface area (Å²) >= 11 is 5.87. The lowest BCUT2D eigenvalue weighted by Crippen LogP contribution is -2.33. The van der Waals surface area contributed by atoms with Gasteiger partial charge in [0.25, 0.3) is 5.91 Å². The molecule has 1 amide bonds. The molecule has 18 heavy (non-hydrogen) atoms. The first-order valence-corrected chi connectivity index (χ1v) is 5.91. The van der Waals surface area contributed by atoms with Gasteiger partial charge in [-0.2, -0.15) is 0 Å². The SMILES string of the molecule is CNC1CCN(C(=O)c2ccc(F)cc2Cl)C1.Cl. The molecule has 0 radical (unpaired) electrons. The number of amides is 1. The third-order valence-electron chi connectivity index (χ3n) is 3.05. The van der Waals surface area contributed by atoms with E-state index in [0.717, 1.165) is 6.42 Å². The van der Waals surface area contributed by atoms with Crippen LogP contribution in [0.25, 0.3) is 0 Å². The maximum Gasteiger partial charge on any atom is 0.255 e. The molecule has 1 fully saturated rings. The van der Waals surface area contributed by atoms with Crippen LogP contribution in [0.5, 0.6) is 0 Å². The molecule has 1 heterocycles. The van der Waals surface area contributed by atoms with Crippen LogP contribution in [0.15, 0.2) is 18.2 Å². The van der Waals surface area contributed by atoms with Crippen molar-refractivity contribution in [3.05, 3.63) is 34.6 Å². The summed E-state index contributed by atoms with van der Waals surface area (Å²) in [5, 5.41) is 3.31.